The van der Waals surface area contributed by atoms with Gasteiger partial charge in [0.05, 0.1) is 6.10 Å². The minimum absolute atomic E-state index is 0.294. The number of anilines is 1. The van der Waals surface area contributed by atoms with Crippen molar-refractivity contribution in [1.82, 2.24) is 4.98 Å². The fraction of sp³-hybridized carbons (Fsp3) is 0.667. The summed E-state index contributed by atoms with van der Waals surface area (Å²) in [5.41, 5.74) is 8.05. The summed E-state index contributed by atoms with van der Waals surface area (Å²) in [4.78, 5) is 7.06. The third-order valence-corrected chi connectivity index (χ3v) is 4.04. The van der Waals surface area contributed by atoms with Gasteiger partial charge in [0.2, 0.25) is 0 Å². The highest BCUT2D eigenvalue weighted by atomic mass is 16.5. The van der Waals surface area contributed by atoms with E-state index < -0.39 is 0 Å². The Morgan fingerprint density at radius 1 is 1.47 bits per heavy atom. The highest BCUT2D eigenvalue weighted by molar-refractivity contribution is 5.43. The van der Waals surface area contributed by atoms with Crippen LogP contribution in [0.25, 0.3) is 0 Å². The summed E-state index contributed by atoms with van der Waals surface area (Å²) in [5, 5.41) is 0. The van der Waals surface area contributed by atoms with Crippen molar-refractivity contribution in [3.05, 3.63) is 23.4 Å². The molecule has 4 nitrogen and oxygen atoms in total. The van der Waals surface area contributed by atoms with Gasteiger partial charge in [-0.2, -0.15) is 0 Å². The summed E-state index contributed by atoms with van der Waals surface area (Å²) >= 11 is 0. The van der Waals surface area contributed by atoms with Gasteiger partial charge in [-0.05, 0) is 36.5 Å². The van der Waals surface area contributed by atoms with Crippen molar-refractivity contribution in [2.45, 2.75) is 39.3 Å². The number of rotatable bonds is 4. The average molecular weight is 263 g/mol. The highest BCUT2D eigenvalue weighted by Gasteiger charge is 2.26. The molecule has 2 unspecified atom stereocenters. The highest BCUT2D eigenvalue weighted by Crippen LogP contribution is 2.24. The minimum Gasteiger partial charge on any atom is -0.379 e. The van der Waals surface area contributed by atoms with Gasteiger partial charge in [-0.3, -0.25) is 0 Å². The second kappa shape index (κ2) is 6.35. The Kier molecular flexibility index (Phi) is 4.77. The van der Waals surface area contributed by atoms with Crippen LogP contribution in [-0.2, 0) is 17.7 Å². The van der Waals surface area contributed by atoms with E-state index in [9.17, 15) is 0 Å². The topological polar surface area (TPSA) is 51.4 Å². The summed E-state index contributed by atoms with van der Waals surface area (Å²) in [6, 6.07) is 4.21. The normalized spacial score (nSPS) is 23.7. The molecule has 1 aromatic heterocycles. The summed E-state index contributed by atoms with van der Waals surface area (Å²) < 4.78 is 5.57. The van der Waals surface area contributed by atoms with E-state index in [0.717, 1.165) is 43.0 Å². The lowest BCUT2D eigenvalue weighted by Gasteiger charge is -2.37. The fourth-order valence-electron chi connectivity index (χ4n) is 2.64. The molecule has 2 rings (SSSR count). The maximum atomic E-state index is 5.78. The SMILES string of the molecule is CCc1cc(CN)cc(N2CCC(C)C(OC)C2)n1. The second-order valence-electron chi connectivity index (χ2n) is 5.37. The Hall–Kier alpha value is -1.13. The zero-order valence-electron chi connectivity index (χ0n) is 12.2. The van der Waals surface area contributed by atoms with Crippen LogP contribution in [-0.4, -0.2) is 31.3 Å². The van der Waals surface area contributed by atoms with E-state index in [2.05, 4.69) is 30.9 Å². The van der Waals surface area contributed by atoms with Crippen LogP contribution < -0.4 is 10.6 Å². The lowest BCUT2D eigenvalue weighted by Crippen LogP contribution is -2.44. The van der Waals surface area contributed by atoms with Crippen LogP contribution in [0.2, 0.25) is 0 Å². The minimum atomic E-state index is 0.294. The molecule has 0 bridgehead atoms. The number of pyridine rings is 1. The molecule has 1 aromatic rings. The number of ether oxygens (including phenoxy) is 1. The van der Waals surface area contributed by atoms with Crippen molar-refractivity contribution in [1.29, 1.82) is 0 Å². The molecule has 2 N–H and O–H groups in total. The first kappa shape index (κ1) is 14.3. The molecule has 0 radical (unpaired) electrons. The number of hydrogen-bond donors (Lipinski definition) is 1. The van der Waals surface area contributed by atoms with Crippen LogP contribution in [0.1, 0.15) is 31.5 Å². The number of nitrogens with zero attached hydrogens (tertiary/aromatic N) is 2. The number of nitrogens with two attached hydrogens (primary N) is 1. The molecular formula is C15H25N3O. The standard InChI is InChI=1S/C15H25N3O/c1-4-13-7-12(9-16)8-15(17-13)18-6-5-11(2)14(10-18)19-3/h7-8,11,14H,4-6,9-10,16H2,1-3H3. The molecule has 1 fully saturated rings. The number of methoxy groups -OCH3 is 1. The van der Waals surface area contributed by atoms with Crippen LogP contribution in [0.15, 0.2) is 12.1 Å². The molecule has 4 heteroatoms. The van der Waals surface area contributed by atoms with Crippen molar-refractivity contribution in [2.75, 3.05) is 25.1 Å². The van der Waals surface area contributed by atoms with Crippen LogP contribution in [0, 0.1) is 5.92 Å². The van der Waals surface area contributed by atoms with Crippen molar-refractivity contribution in [2.24, 2.45) is 11.7 Å². The van der Waals surface area contributed by atoms with E-state index in [4.69, 9.17) is 15.5 Å². The first-order chi connectivity index (χ1) is 9.17. The number of aromatic nitrogens is 1. The molecule has 106 valence electrons. The summed E-state index contributed by atoms with van der Waals surface area (Å²) in [6.07, 6.45) is 2.38. The third-order valence-electron chi connectivity index (χ3n) is 4.04. The lowest BCUT2D eigenvalue weighted by atomic mass is 9.96. The number of aryl methyl sites for hydroxylation is 1. The molecule has 2 heterocycles. The summed E-state index contributed by atoms with van der Waals surface area (Å²) in [7, 11) is 1.80. The van der Waals surface area contributed by atoms with Gasteiger partial charge in [-0.15, -0.1) is 0 Å². The van der Waals surface area contributed by atoms with Crippen LogP contribution >= 0.6 is 0 Å². The molecule has 0 saturated carbocycles. The zero-order valence-corrected chi connectivity index (χ0v) is 12.2. The van der Waals surface area contributed by atoms with Crippen molar-refractivity contribution < 1.29 is 4.74 Å². The van der Waals surface area contributed by atoms with E-state index in [0.29, 0.717) is 18.6 Å². The molecule has 0 amide bonds. The molecular weight excluding hydrogens is 238 g/mol. The van der Waals surface area contributed by atoms with Crippen molar-refractivity contribution in [3.63, 3.8) is 0 Å². The smallest absolute Gasteiger partial charge is 0.129 e. The van der Waals surface area contributed by atoms with Gasteiger partial charge in [0, 0.05) is 32.4 Å². The maximum absolute atomic E-state index is 5.78. The molecule has 1 aliphatic heterocycles. The predicted octanol–water partition coefficient (Wildman–Crippen LogP) is 1.96. The molecule has 1 aliphatic rings. The van der Waals surface area contributed by atoms with E-state index in [-0.39, 0.29) is 0 Å². The van der Waals surface area contributed by atoms with Gasteiger partial charge in [0.25, 0.3) is 0 Å². The fourth-order valence-corrected chi connectivity index (χ4v) is 2.64. The van der Waals surface area contributed by atoms with Gasteiger partial charge >= 0.3 is 0 Å². The average Bonchev–Trinajstić information content (AvgIpc) is 2.47. The van der Waals surface area contributed by atoms with E-state index in [1.165, 1.54) is 0 Å². The zero-order chi connectivity index (χ0) is 13.8. The van der Waals surface area contributed by atoms with E-state index in [1.54, 1.807) is 7.11 Å². The van der Waals surface area contributed by atoms with E-state index in [1.807, 2.05) is 0 Å². The third kappa shape index (κ3) is 3.25. The van der Waals surface area contributed by atoms with Gasteiger partial charge < -0.3 is 15.4 Å². The first-order valence-corrected chi connectivity index (χ1v) is 7.15. The molecule has 0 aromatic carbocycles. The number of piperidine rings is 1. The van der Waals surface area contributed by atoms with Gasteiger partial charge in [0.15, 0.2) is 0 Å². The Bertz CT molecular complexity index is 400. The van der Waals surface area contributed by atoms with Gasteiger partial charge in [-0.1, -0.05) is 13.8 Å². The Labute approximate surface area is 116 Å². The van der Waals surface area contributed by atoms with Crippen LogP contribution in [0.5, 0.6) is 0 Å². The molecule has 0 aliphatic carbocycles. The Morgan fingerprint density at radius 2 is 2.26 bits per heavy atom. The van der Waals surface area contributed by atoms with Gasteiger partial charge in [-0.25, -0.2) is 4.98 Å². The Balaban J connectivity index is 2.21. The Morgan fingerprint density at radius 3 is 2.89 bits per heavy atom. The van der Waals surface area contributed by atoms with Crippen molar-refractivity contribution >= 4 is 5.82 Å². The molecule has 2 atom stereocenters. The van der Waals surface area contributed by atoms with Crippen LogP contribution in [0.4, 0.5) is 5.82 Å². The van der Waals surface area contributed by atoms with Gasteiger partial charge in [0.1, 0.15) is 5.82 Å². The quantitative estimate of drug-likeness (QED) is 0.902. The molecule has 19 heavy (non-hydrogen) atoms. The lowest BCUT2D eigenvalue weighted by molar-refractivity contribution is 0.0496. The van der Waals surface area contributed by atoms with Crippen molar-refractivity contribution in [3.8, 4) is 0 Å². The summed E-state index contributed by atoms with van der Waals surface area (Å²) in [5.74, 6) is 1.67. The second-order valence-corrected chi connectivity index (χ2v) is 5.37. The summed E-state index contributed by atoms with van der Waals surface area (Å²) in [6.45, 7) is 6.92. The monoisotopic (exact) mass is 263 g/mol. The maximum Gasteiger partial charge on any atom is 0.129 e. The molecule has 0 spiro atoms. The predicted molar refractivity (Wildman–Crippen MR) is 78.3 cm³/mol. The molecule has 1 saturated heterocycles. The van der Waals surface area contributed by atoms with Crippen LogP contribution in [0.3, 0.4) is 0 Å². The number of hydrogen-bond acceptors (Lipinski definition) is 4. The largest absolute Gasteiger partial charge is 0.379 e. The van der Waals surface area contributed by atoms with E-state index >= 15 is 0 Å². The first-order valence-electron chi connectivity index (χ1n) is 7.15.